The lowest BCUT2D eigenvalue weighted by Crippen LogP contribution is -2.31. The van der Waals surface area contributed by atoms with E-state index in [1.165, 1.54) is 27.6 Å². The zero-order chi connectivity index (χ0) is 24.2. The van der Waals surface area contributed by atoms with Crippen LogP contribution in [0.15, 0.2) is 71.3 Å². The molecule has 172 valence electrons. The van der Waals surface area contributed by atoms with Crippen LogP contribution in [0.5, 0.6) is 0 Å². The number of thiazole rings is 1. The van der Waals surface area contributed by atoms with Crippen molar-refractivity contribution >= 4 is 49.7 Å². The smallest absolute Gasteiger partial charge is 0.296 e. The number of fused-ring (bicyclic) bond motifs is 1. The fraction of sp³-hybridized carbons (Fsp3) is 0.222. The molecule has 3 heterocycles. The molecular weight excluding hydrogens is 464 g/mol. The molecule has 0 radical (unpaired) electrons. The third-order valence-corrected chi connectivity index (χ3v) is 7.91. The molecule has 1 amide bonds. The number of anilines is 1. The molecule has 0 saturated heterocycles. The van der Waals surface area contributed by atoms with E-state index in [-0.39, 0.29) is 16.8 Å². The number of carbonyl (C=O) groups is 2. The predicted molar refractivity (Wildman–Crippen MR) is 138 cm³/mol. The molecule has 1 N–H and O–H groups in total. The van der Waals surface area contributed by atoms with E-state index in [0.717, 1.165) is 26.9 Å². The Morgan fingerprint density at radius 3 is 2.47 bits per heavy atom. The van der Waals surface area contributed by atoms with Crippen LogP contribution < -0.4 is 4.90 Å². The molecule has 1 atom stereocenters. The summed E-state index contributed by atoms with van der Waals surface area (Å²) in [5, 5.41) is 13.2. The second-order valence-electron chi connectivity index (χ2n) is 9.49. The topological polar surface area (TPSA) is 70.5 Å². The summed E-state index contributed by atoms with van der Waals surface area (Å²) in [6, 6.07) is 16.5. The van der Waals surface area contributed by atoms with Gasteiger partial charge in [0.05, 0.1) is 26.7 Å². The number of hydrogen-bond acceptors (Lipinski definition) is 6. The van der Waals surface area contributed by atoms with Gasteiger partial charge < -0.3 is 5.11 Å². The van der Waals surface area contributed by atoms with E-state index >= 15 is 0 Å². The van der Waals surface area contributed by atoms with Gasteiger partial charge in [-0.2, -0.15) is 0 Å². The minimum absolute atomic E-state index is 0.0395. The Labute approximate surface area is 206 Å². The fourth-order valence-electron chi connectivity index (χ4n) is 4.18. The zero-order valence-corrected chi connectivity index (χ0v) is 21.0. The number of aryl methyl sites for hydroxylation is 1. The highest BCUT2D eigenvalue weighted by Crippen LogP contribution is 2.44. The van der Waals surface area contributed by atoms with E-state index in [4.69, 9.17) is 0 Å². The number of nitrogens with zero attached hydrogens (tertiary/aromatic N) is 2. The molecule has 0 aliphatic carbocycles. The Kier molecular flexibility index (Phi) is 5.41. The lowest BCUT2D eigenvalue weighted by Gasteiger charge is -2.25. The zero-order valence-electron chi connectivity index (χ0n) is 19.3. The van der Waals surface area contributed by atoms with Crippen molar-refractivity contribution in [3.63, 3.8) is 0 Å². The molecule has 5 rings (SSSR count). The third kappa shape index (κ3) is 3.75. The first-order chi connectivity index (χ1) is 16.1. The lowest BCUT2D eigenvalue weighted by atomic mass is 9.85. The van der Waals surface area contributed by atoms with Gasteiger partial charge in [0.15, 0.2) is 10.9 Å². The number of hydrogen-bond donors (Lipinski definition) is 1. The van der Waals surface area contributed by atoms with Gasteiger partial charge in [-0.3, -0.25) is 14.5 Å². The molecule has 0 bridgehead atoms. The van der Waals surface area contributed by atoms with Crippen LogP contribution in [-0.4, -0.2) is 21.8 Å². The normalized spacial score (nSPS) is 16.6. The monoisotopic (exact) mass is 488 g/mol. The number of rotatable bonds is 4. The van der Waals surface area contributed by atoms with Crippen molar-refractivity contribution in [2.75, 3.05) is 4.90 Å². The molecule has 0 fully saturated rings. The number of thiophene rings is 1. The van der Waals surface area contributed by atoms with Crippen molar-refractivity contribution in [2.24, 2.45) is 0 Å². The molecule has 7 heteroatoms. The Hall–Kier alpha value is -3.29. The quantitative estimate of drug-likeness (QED) is 0.323. The summed E-state index contributed by atoms with van der Waals surface area (Å²) in [7, 11) is 0. The van der Waals surface area contributed by atoms with Gasteiger partial charge >= 0.3 is 0 Å². The Morgan fingerprint density at radius 2 is 1.82 bits per heavy atom. The van der Waals surface area contributed by atoms with Crippen LogP contribution >= 0.6 is 22.7 Å². The van der Waals surface area contributed by atoms with Crippen LogP contribution in [0.1, 0.15) is 53.2 Å². The molecule has 2 aromatic carbocycles. The van der Waals surface area contributed by atoms with Crippen LogP contribution in [0.4, 0.5) is 5.13 Å². The van der Waals surface area contributed by atoms with Gasteiger partial charge in [-0.15, -0.1) is 11.3 Å². The van der Waals surface area contributed by atoms with E-state index in [2.05, 4.69) is 25.8 Å². The van der Waals surface area contributed by atoms with Gasteiger partial charge in [0, 0.05) is 0 Å². The highest BCUT2D eigenvalue weighted by atomic mass is 32.1. The predicted octanol–water partition coefficient (Wildman–Crippen LogP) is 6.75. The first-order valence-corrected chi connectivity index (χ1v) is 12.7. The second kappa shape index (κ2) is 8.18. The molecule has 1 aliphatic rings. The Morgan fingerprint density at radius 1 is 1.09 bits per heavy atom. The molecule has 0 saturated carbocycles. The van der Waals surface area contributed by atoms with E-state index in [1.54, 1.807) is 12.1 Å². The Bertz CT molecular complexity index is 1440. The standard InChI is InChI=1S/C27H24N2O3S2/c1-15-7-12-18-20(14-15)34-26(28-18)29-22(16-8-10-17(11-9-16)27(2,3)4)21(24(31)25(29)32)23(30)19-6-5-13-33-19/h5-14,22,31H,1-4H3/t22-/m0/s1. The number of aliphatic hydroxyl groups is 1. The van der Waals surface area contributed by atoms with Crippen LogP contribution in [0.25, 0.3) is 10.2 Å². The van der Waals surface area contributed by atoms with Crippen molar-refractivity contribution in [1.82, 2.24) is 4.98 Å². The molecular formula is C27H24N2O3S2. The van der Waals surface area contributed by atoms with E-state index in [9.17, 15) is 14.7 Å². The summed E-state index contributed by atoms with van der Waals surface area (Å²) in [6.45, 7) is 8.40. The van der Waals surface area contributed by atoms with E-state index in [1.807, 2.05) is 54.8 Å². The maximum atomic E-state index is 13.5. The second-order valence-corrected chi connectivity index (χ2v) is 11.4. The van der Waals surface area contributed by atoms with Crippen molar-refractivity contribution in [2.45, 2.75) is 39.2 Å². The van der Waals surface area contributed by atoms with Gasteiger partial charge in [-0.05, 0) is 52.6 Å². The molecule has 0 spiro atoms. The van der Waals surface area contributed by atoms with Crippen LogP contribution in [0.2, 0.25) is 0 Å². The molecule has 34 heavy (non-hydrogen) atoms. The summed E-state index contributed by atoms with van der Waals surface area (Å²) < 4.78 is 0.946. The molecule has 0 unspecified atom stereocenters. The van der Waals surface area contributed by atoms with Crippen LogP contribution in [-0.2, 0) is 10.2 Å². The van der Waals surface area contributed by atoms with E-state index < -0.39 is 17.7 Å². The minimum Gasteiger partial charge on any atom is -0.503 e. The average Bonchev–Trinajstić information content (AvgIpc) is 3.52. The maximum absolute atomic E-state index is 13.5. The summed E-state index contributed by atoms with van der Waals surface area (Å²) in [4.78, 5) is 33.5. The first-order valence-electron chi connectivity index (χ1n) is 11.0. The average molecular weight is 489 g/mol. The Balaban J connectivity index is 1.67. The van der Waals surface area contributed by atoms with E-state index in [0.29, 0.717) is 10.0 Å². The van der Waals surface area contributed by atoms with Crippen molar-refractivity contribution in [3.05, 3.63) is 92.9 Å². The van der Waals surface area contributed by atoms with Gasteiger partial charge in [0.1, 0.15) is 0 Å². The minimum atomic E-state index is -0.766. The first kappa shape index (κ1) is 22.5. The maximum Gasteiger partial charge on any atom is 0.296 e. The van der Waals surface area contributed by atoms with Gasteiger partial charge in [0.2, 0.25) is 5.78 Å². The van der Waals surface area contributed by atoms with Gasteiger partial charge in [-0.1, -0.05) is 68.5 Å². The SMILES string of the molecule is Cc1ccc2nc(N3C(=O)C(O)=C(C(=O)c4cccs4)[C@@H]3c3ccc(C(C)(C)C)cc3)sc2c1. The largest absolute Gasteiger partial charge is 0.503 e. The lowest BCUT2D eigenvalue weighted by molar-refractivity contribution is -0.117. The number of Topliss-reactive ketones (excluding diaryl/α,β-unsaturated/α-hetero) is 1. The molecule has 2 aromatic heterocycles. The van der Waals surface area contributed by atoms with Crippen molar-refractivity contribution in [1.29, 1.82) is 0 Å². The number of aliphatic hydroxyl groups excluding tert-OH is 1. The highest BCUT2D eigenvalue weighted by molar-refractivity contribution is 7.22. The van der Waals surface area contributed by atoms with Gasteiger partial charge in [-0.25, -0.2) is 4.98 Å². The summed E-state index contributed by atoms with van der Waals surface area (Å²) in [6.07, 6.45) is 0. The number of amides is 1. The summed E-state index contributed by atoms with van der Waals surface area (Å²) in [5.41, 5.74) is 3.81. The van der Waals surface area contributed by atoms with Crippen LogP contribution in [0.3, 0.4) is 0 Å². The summed E-state index contributed by atoms with van der Waals surface area (Å²) in [5.74, 6) is -1.47. The number of aromatic nitrogens is 1. The number of carbonyl (C=O) groups excluding carboxylic acids is 2. The molecule has 1 aliphatic heterocycles. The molecule has 4 aromatic rings. The fourth-order valence-corrected chi connectivity index (χ4v) is 5.95. The number of ketones is 1. The number of benzene rings is 2. The van der Waals surface area contributed by atoms with Crippen molar-refractivity contribution < 1.29 is 14.7 Å². The summed E-state index contributed by atoms with van der Waals surface area (Å²) >= 11 is 2.67. The van der Waals surface area contributed by atoms with Crippen LogP contribution in [0, 0.1) is 6.92 Å². The highest BCUT2D eigenvalue weighted by Gasteiger charge is 2.46. The third-order valence-electron chi connectivity index (χ3n) is 6.03. The molecule has 5 nitrogen and oxygen atoms in total. The van der Waals surface area contributed by atoms with Crippen molar-refractivity contribution in [3.8, 4) is 0 Å². The van der Waals surface area contributed by atoms with Gasteiger partial charge in [0.25, 0.3) is 5.91 Å².